The summed E-state index contributed by atoms with van der Waals surface area (Å²) in [6.45, 7) is 1.12. The van der Waals surface area contributed by atoms with Crippen molar-refractivity contribution >= 4 is 5.97 Å². The van der Waals surface area contributed by atoms with E-state index in [0.717, 1.165) is 0 Å². The number of hydrogen-bond acceptors (Lipinski definition) is 4. The Labute approximate surface area is 112 Å². The van der Waals surface area contributed by atoms with Crippen molar-refractivity contribution in [1.82, 2.24) is 5.16 Å². The second-order valence-electron chi connectivity index (χ2n) is 4.03. The fourth-order valence-corrected chi connectivity index (χ4v) is 1.60. The third kappa shape index (κ3) is 2.98. The molecule has 0 atom stereocenters. The van der Waals surface area contributed by atoms with E-state index in [-0.39, 0.29) is 12.3 Å². The second-order valence-corrected chi connectivity index (χ2v) is 4.03. The van der Waals surface area contributed by atoms with Crippen LogP contribution in [-0.2, 0) is 17.5 Å². The summed E-state index contributed by atoms with van der Waals surface area (Å²) in [7, 11) is 0. The molecule has 20 heavy (non-hydrogen) atoms. The number of carbonyl (C=O) groups excluding carboxylic acids is 1. The van der Waals surface area contributed by atoms with Crippen molar-refractivity contribution in [2.24, 2.45) is 0 Å². The van der Waals surface area contributed by atoms with Crippen molar-refractivity contribution in [3.8, 4) is 0 Å². The average molecular weight is 285 g/mol. The highest BCUT2D eigenvalue weighted by atomic mass is 19.4. The normalized spacial score (nSPS) is 11.4. The van der Waals surface area contributed by atoms with Crippen molar-refractivity contribution in [1.29, 1.82) is 0 Å². The molecule has 0 aliphatic heterocycles. The molecule has 1 aromatic carbocycles. The van der Waals surface area contributed by atoms with Crippen LogP contribution < -0.4 is 0 Å². The molecule has 0 saturated heterocycles. The summed E-state index contributed by atoms with van der Waals surface area (Å²) in [4.78, 5) is 11.7. The van der Waals surface area contributed by atoms with Crippen LogP contribution in [0, 0.1) is 6.92 Å². The number of carbonyl (C=O) groups is 1. The SMILES string of the molecule is Cc1noc(C(F)(F)F)c1C(=O)OCc1ccccc1. The molecule has 4 nitrogen and oxygen atoms in total. The molecule has 7 heteroatoms. The summed E-state index contributed by atoms with van der Waals surface area (Å²) < 4.78 is 46.9. The number of nitrogens with zero attached hydrogens (tertiary/aromatic N) is 1. The van der Waals surface area contributed by atoms with Gasteiger partial charge in [0.2, 0.25) is 0 Å². The molecule has 0 saturated carbocycles. The molecule has 0 aliphatic carbocycles. The Hall–Kier alpha value is -2.31. The summed E-state index contributed by atoms with van der Waals surface area (Å²) in [6.07, 6.45) is -4.79. The summed E-state index contributed by atoms with van der Waals surface area (Å²) in [6, 6.07) is 8.62. The van der Waals surface area contributed by atoms with Crippen molar-refractivity contribution in [3.05, 3.63) is 52.9 Å². The van der Waals surface area contributed by atoms with E-state index < -0.39 is 23.5 Å². The zero-order chi connectivity index (χ0) is 14.8. The molecule has 0 bridgehead atoms. The number of alkyl halides is 3. The third-order valence-electron chi connectivity index (χ3n) is 2.54. The second kappa shape index (κ2) is 5.36. The Morgan fingerprint density at radius 2 is 1.95 bits per heavy atom. The van der Waals surface area contributed by atoms with E-state index in [1.165, 1.54) is 6.92 Å². The first kappa shape index (κ1) is 14.1. The number of halogens is 3. The maximum absolute atomic E-state index is 12.6. The van der Waals surface area contributed by atoms with Crippen LogP contribution in [0.3, 0.4) is 0 Å². The van der Waals surface area contributed by atoms with Crippen molar-refractivity contribution < 1.29 is 27.2 Å². The summed E-state index contributed by atoms with van der Waals surface area (Å²) >= 11 is 0. The molecule has 0 N–H and O–H groups in total. The molecule has 0 unspecified atom stereocenters. The van der Waals surface area contributed by atoms with Gasteiger partial charge in [-0.3, -0.25) is 0 Å². The molecule has 0 radical (unpaired) electrons. The van der Waals surface area contributed by atoms with Gasteiger partial charge in [-0.25, -0.2) is 4.79 Å². The van der Waals surface area contributed by atoms with Gasteiger partial charge < -0.3 is 9.26 Å². The quantitative estimate of drug-likeness (QED) is 0.811. The smallest absolute Gasteiger partial charge is 0.453 e. The van der Waals surface area contributed by atoms with Gasteiger partial charge in [0, 0.05) is 0 Å². The molecule has 0 amide bonds. The number of hydrogen-bond donors (Lipinski definition) is 0. The van der Waals surface area contributed by atoms with E-state index in [2.05, 4.69) is 9.68 Å². The zero-order valence-electron chi connectivity index (χ0n) is 10.4. The Morgan fingerprint density at radius 3 is 2.55 bits per heavy atom. The van der Waals surface area contributed by atoms with E-state index in [0.29, 0.717) is 5.56 Å². The molecule has 106 valence electrons. The van der Waals surface area contributed by atoms with Crippen LogP contribution in [0.4, 0.5) is 13.2 Å². The Kier molecular flexibility index (Phi) is 3.78. The van der Waals surface area contributed by atoms with Crippen LogP contribution in [-0.4, -0.2) is 11.1 Å². The standard InChI is InChI=1S/C13H10F3NO3/c1-8-10(11(20-17-8)13(14,15)16)12(18)19-7-9-5-3-2-4-6-9/h2-6H,7H2,1H3. The molecule has 2 rings (SSSR count). The molecule has 0 fully saturated rings. The van der Waals surface area contributed by atoms with Crippen LogP contribution in [0.5, 0.6) is 0 Å². The number of benzene rings is 1. The third-order valence-corrected chi connectivity index (χ3v) is 2.54. The van der Waals surface area contributed by atoms with Crippen molar-refractivity contribution in [3.63, 3.8) is 0 Å². The number of aromatic nitrogens is 1. The highest BCUT2D eigenvalue weighted by Crippen LogP contribution is 2.33. The van der Waals surface area contributed by atoms with Crippen LogP contribution in [0.1, 0.15) is 27.4 Å². The molecule has 0 aliphatic rings. The number of rotatable bonds is 3. The molecule has 0 spiro atoms. The Morgan fingerprint density at radius 1 is 1.30 bits per heavy atom. The van der Waals surface area contributed by atoms with Gasteiger partial charge in [0.1, 0.15) is 12.2 Å². The van der Waals surface area contributed by atoms with E-state index in [1.807, 2.05) is 0 Å². The number of aryl methyl sites for hydroxylation is 1. The van der Waals surface area contributed by atoms with Gasteiger partial charge in [0.15, 0.2) is 0 Å². The molecule has 1 aromatic heterocycles. The van der Waals surface area contributed by atoms with Gasteiger partial charge in [-0.2, -0.15) is 13.2 Å². The van der Waals surface area contributed by atoms with Gasteiger partial charge in [-0.05, 0) is 12.5 Å². The lowest BCUT2D eigenvalue weighted by molar-refractivity contribution is -0.156. The van der Waals surface area contributed by atoms with Crippen LogP contribution >= 0.6 is 0 Å². The number of esters is 1. The topological polar surface area (TPSA) is 52.3 Å². The maximum Gasteiger partial charge on any atom is 0.453 e. The zero-order valence-corrected chi connectivity index (χ0v) is 10.4. The lowest BCUT2D eigenvalue weighted by Crippen LogP contribution is -2.14. The minimum absolute atomic E-state index is 0.123. The van der Waals surface area contributed by atoms with Gasteiger partial charge in [0.25, 0.3) is 5.76 Å². The van der Waals surface area contributed by atoms with E-state index in [1.54, 1.807) is 30.3 Å². The first-order valence-electron chi connectivity index (χ1n) is 5.64. The predicted molar refractivity (Wildman–Crippen MR) is 61.8 cm³/mol. The minimum Gasteiger partial charge on any atom is -0.457 e. The monoisotopic (exact) mass is 285 g/mol. The highest BCUT2D eigenvalue weighted by molar-refractivity contribution is 5.91. The fourth-order valence-electron chi connectivity index (χ4n) is 1.60. The fraction of sp³-hybridized carbons (Fsp3) is 0.231. The molecule has 2 aromatic rings. The van der Waals surface area contributed by atoms with E-state index >= 15 is 0 Å². The summed E-state index contributed by atoms with van der Waals surface area (Å²) in [5, 5.41) is 3.16. The first-order valence-corrected chi connectivity index (χ1v) is 5.64. The predicted octanol–water partition coefficient (Wildman–Crippen LogP) is 3.36. The summed E-state index contributed by atoms with van der Waals surface area (Å²) in [5.41, 5.74) is -0.174. The van der Waals surface area contributed by atoms with Crippen LogP contribution in [0.25, 0.3) is 0 Å². The molecular weight excluding hydrogens is 275 g/mol. The van der Waals surface area contributed by atoms with Crippen molar-refractivity contribution in [2.75, 3.05) is 0 Å². The minimum atomic E-state index is -4.79. The lowest BCUT2D eigenvalue weighted by atomic mass is 10.2. The van der Waals surface area contributed by atoms with Gasteiger partial charge in [-0.15, -0.1) is 0 Å². The van der Waals surface area contributed by atoms with Crippen LogP contribution in [0.15, 0.2) is 34.9 Å². The highest BCUT2D eigenvalue weighted by Gasteiger charge is 2.42. The lowest BCUT2D eigenvalue weighted by Gasteiger charge is -2.06. The van der Waals surface area contributed by atoms with E-state index in [9.17, 15) is 18.0 Å². The molecular formula is C13H10F3NO3. The molecule has 1 heterocycles. The van der Waals surface area contributed by atoms with Crippen LogP contribution in [0.2, 0.25) is 0 Å². The average Bonchev–Trinajstić information content (AvgIpc) is 2.79. The van der Waals surface area contributed by atoms with Gasteiger partial charge >= 0.3 is 12.1 Å². The van der Waals surface area contributed by atoms with E-state index in [4.69, 9.17) is 4.74 Å². The van der Waals surface area contributed by atoms with Gasteiger partial charge in [0.05, 0.1) is 5.69 Å². The Bertz CT molecular complexity index is 605. The largest absolute Gasteiger partial charge is 0.457 e. The Balaban J connectivity index is 2.16. The first-order chi connectivity index (χ1) is 9.39. The number of ether oxygens (including phenoxy) is 1. The summed E-state index contributed by atoms with van der Waals surface area (Å²) in [5.74, 6) is -2.55. The van der Waals surface area contributed by atoms with Gasteiger partial charge in [-0.1, -0.05) is 35.5 Å². The maximum atomic E-state index is 12.6. The van der Waals surface area contributed by atoms with Crippen molar-refractivity contribution in [2.45, 2.75) is 19.7 Å².